The lowest BCUT2D eigenvalue weighted by molar-refractivity contribution is 0.382. The van der Waals surface area contributed by atoms with E-state index in [1.54, 1.807) is 0 Å². The van der Waals surface area contributed by atoms with Crippen molar-refractivity contribution >= 4 is 15.9 Å². The van der Waals surface area contributed by atoms with Gasteiger partial charge in [-0.3, -0.25) is 4.98 Å². The lowest BCUT2D eigenvalue weighted by atomic mass is 10.0. The number of hydrogen-bond acceptors (Lipinski definition) is 2. The molecule has 1 N–H and O–H groups in total. The summed E-state index contributed by atoms with van der Waals surface area (Å²) in [6.45, 7) is 1.14. The SMILES string of the molecule is Brc1cncc([C@H]2CCN2)c1. The van der Waals surface area contributed by atoms with Crippen molar-refractivity contribution in [2.45, 2.75) is 12.5 Å². The first-order chi connectivity index (χ1) is 5.36. The Bertz CT molecular complexity index is 258. The molecular weight excluding hydrogens is 204 g/mol. The van der Waals surface area contributed by atoms with Crippen molar-refractivity contribution in [1.29, 1.82) is 0 Å². The normalized spacial score (nSPS) is 22.8. The number of halogens is 1. The molecule has 0 amide bonds. The highest BCUT2D eigenvalue weighted by atomic mass is 79.9. The van der Waals surface area contributed by atoms with Gasteiger partial charge in [0.1, 0.15) is 0 Å². The lowest BCUT2D eigenvalue weighted by Gasteiger charge is -2.27. The largest absolute Gasteiger partial charge is 0.310 e. The summed E-state index contributed by atoms with van der Waals surface area (Å²) in [6.07, 6.45) is 4.96. The fourth-order valence-corrected chi connectivity index (χ4v) is 1.57. The Morgan fingerprint density at radius 1 is 1.55 bits per heavy atom. The topological polar surface area (TPSA) is 24.9 Å². The first-order valence-corrected chi connectivity index (χ1v) is 4.49. The van der Waals surface area contributed by atoms with Crippen LogP contribution in [0, 0.1) is 0 Å². The zero-order chi connectivity index (χ0) is 7.68. The van der Waals surface area contributed by atoms with Crippen LogP contribution in [-0.4, -0.2) is 11.5 Å². The molecule has 11 heavy (non-hydrogen) atoms. The molecule has 3 heteroatoms. The first-order valence-electron chi connectivity index (χ1n) is 3.70. The van der Waals surface area contributed by atoms with Crippen molar-refractivity contribution in [3.63, 3.8) is 0 Å². The van der Waals surface area contributed by atoms with Gasteiger partial charge in [0.2, 0.25) is 0 Å². The highest BCUT2D eigenvalue weighted by molar-refractivity contribution is 9.10. The Kier molecular flexibility index (Phi) is 1.92. The molecule has 2 rings (SSSR count). The molecule has 1 fully saturated rings. The molecule has 1 atom stereocenters. The summed E-state index contributed by atoms with van der Waals surface area (Å²) in [5, 5.41) is 3.33. The Labute approximate surface area is 74.2 Å². The molecule has 0 spiro atoms. The van der Waals surface area contributed by atoms with Gasteiger partial charge in [0.25, 0.3) is 0 Å². The van der Waals surface area contributed by atoms with Crippen LogP contribution >= 0.6 is 15.9 Å². The van der Waals surface area contributed by atoms with Gasteiger partial charge in [0.15, 0.2) is 0 Å². The zero-order valence-electron chi connectivity index (χ0n) is 6.05. The van der Waals surface area contributed by atoms with Gasteiger partial charge in [-0.05, 0) is 40.5 Å². The van der Waals surface area contributed by atoms with Crippen LogP contribution in [0.4, 0.5) is 0 Å². The van der Waals surface area contributed by atoms with Crippen LogP contribution in [0.15, 0.2) is 22.9 Å². The summed E-state index contributed by atoms with van der Waals surface area (Å²) in [7, 11) is 0. The molecule has 1 aliphatic rings. The molecule has 0 aliphatic carbocycles. The van der Waals surface area contributed by atoms with Crippen LogP contribution in [0.1, 0.15) is 18.0 Å². The molecule has 1 aromatic heterocycles. The van der Waals surface area contributed by atoms with Gasteiger partial charge in [-0.2, -0.15) is 0 Å². The van der Waals surface area contributed by atoms with Crippen LogP contribution in [0.3, 0.4) is 0 Å². The Hall–Kier alpha value is -0.410. The monoisotopic (exact) mass is 212 g/mol. The van der Waals surface area contributed by atoms with E-state index in [1.807, 2.05) is 12.4 Å². The number of hydrogen-bond donors (Lipinski definition) is 1. The van der Waals surface area contributed by atoms with Gasteiger partial charge in [0, 0.05) is 22.9 Å². The molecular formula is C8H9BrN2. The van der Waals surface area contributed by atoms with Crippen molar-refractivity contribution in [2.75, 3.05) is 6.54 Å². The minimum Gasteiger partial charge on any atom is -0.310 e. The first kappa shape index (κ1) is 7.25. The fourth-order valence-electron chi connectivity index (χ4n) is 1.19. The van der Waals surface area contributed by atoms with Crippen LogP contribution in [0.5, 0.6) is 0 Å². The molecule has 1 aromatic rings. The maximum atomic E-state index is 4.10. The minimum atomic E-state index is 0.542. The molecule has 2 nitrogen and oxygen atoms in total. The predicted molar refractivity (Wildman–Crippen MR) is 47.3 cm³/mol. The molecule has 1 saturated heterocycles. The van der Waals surface area contributed by atoms with Crippen molar-refractivity contribution < 1.29 is 0 Å². The smallest absolute Gasteiger partial charge is 0.0410 e. The van der Waals surface area contributed by atoms with Gasteiger partial charge < -0.3 is 5.32 Å². The second-order valence-corrected chi connectivity index (χ2v) is 3.65. The van der Waals surface area contributed by atoms with Gasteiger partial charge in [-0.15, -0.1) is 0 Å². The number of nitrogens with zero attached hydrogens (tertiary/aromatic N) is 1. The van der Waals surface area contributed by atoms with Gasteiger partial charge >= 0.3 is 0 Å². The highest BCUT2D eigenvalue weighted by Crippen LogP contribution is 2.23. The maximum absolute atomic E-state index is 4.10. The number of nitrogens with one attached hydrogen (secondary N) is 1. The van der Waals surface area contributed by atoms with Crippen LogP contribution in [0.2, 0.25) is 0 Å². The Morgan fingerprint density at radius 2 is 2.36 bits per heavy atom. The second-order valence-electron chi connectivity index (χ2n) is 2.73. The third kappa shape index (κ3) is 1.44. The van der Waals surface area contributed by atoms with E-state index in [4.69, 9.17) is 0 Å². The van der Waals surface area contributed by atoms with Crippen molar-refractivity contribution in [1.82, 2.24) is 10.3 Å². The summed E-state index contributed by atoms with van der Waals surface area (Å²) in [5.41, 5.74) is 1.28. The van der Waals surface area contributed by atoms with Gasteiger partial charge in [-0.25, -0.2) is 0 Å². The predicted octanol–water partition coefficient (Wildman–Crippen LogP) is 1.88. The summed E-state index contributed by atoms with van der Waals surface area (Å²) in [4.78, 5) is 4.10. The van der Waals surface area contributed by atoms with Crippen LogP contribution in [0.25, 0.3) is 0 Å². The van der Waals surface area contributed by atoms with E-state index in [1.165, 1.54) is 12.0 Å². The van der Waals surface area contributed by atoms with Crippen LogP contribution in [-0.2, 0) is 0 Å². The summed E-state index contributed by atoms with van der Waals surface area (Å²) in [6, 6.07) is 2.66. The van der Waals surface area contributed by atoms with E-state index < -0.39 is 0 Å². The van der Waals surface area contributed by atoms with E-state index in [-0.39, 0.29) is 0 Å². The lowest BCUT2D eigenvalue weighted by Crippen LogP contribution is -2.34. The summed E-state index contributed by atoms with van der Waals surface area (Å²) >= 11 is 3.39. The molecule has 0 saturated carbocycles. The van der Waals surface area contributed by atoms with Crippen molar-refractivity contribution in [3.8, 4) is 0 Å². The molecule has 0 radical (unpaired) electrons. The van der Waals surface area contributed by atoms with Crippen LogP contribution < -0.4 is 5.32 Å². The van der Waals surface area contributed by atoms with Gasteiger partial charge in [0.05, 0.1) is 0 Å². The summed E-state index contributed by atoms with van der Waals surface area (Å²) in [5.74, 6) is 0. The van der Waals surface area contributed by atoms with E-state index in [9.17, 15) is 0 Å². The number of pyridine rings is 1. The second kappa shape index (κ2) is 2.91. The molecule has 0 unspecified atom stereocenters. The summed E-state index contributed by atoms with van der Waals surface area (Å²) < 4.78 is 1.06. The highest BCUT2D eigenvalue weighted by Gasteiger charge is 2.18. The average molecular weight is 213 g/mol. The zero-order valence-corrected chi connectivity index (χ0v) is 7.63. The fraction of sp³-hybridized carbons (Fsp3) is 0.375. The van der Waals surface area contributed by atoms with Gasteiger partial charge in [-0.1, -0.05) is 0 Å². The van der Waals surface area contributed by atoms with Crippen molar-refractivity contribution in [3.05, 3.63) is 28.5 Å². The number of aromatic nitrogens is 1. The molecule has 2 heterocycles. The average Bonchev–Trinajstić information content (AvgIpc) is 1.83. The van der Waals surface area contributed by atoms with E-state index in [2.05, 4.69) is 32.3 Å². The third-order valence-corrected chi connectivity index (χ3v) is 2.39. The number of rotatable bonds is 1. The molecule has 58 valence electrons. The Balaban J connectivity index is 2.23. The van der Waals surface area contributed by atoms with E-state index in [0.717, 1.165) is 11.0 Å². The molecule has 0 aromatic carbocycles. The van der Waals surface area contributed by atoms with E-state index in [0.29, 0.717) is 6.04 Å². The molecule has 0 bridgehead atoms. The maximum Gasteiger partial charge on any atom is 0.0410 e. The molecule has 1 aliphatic heterocycles. The Morgan fingerprint density at radius 3 is 2.91 bits per heavy atom. The standard InChI is InChI=1S/C8H9BrN2/c9-7-3-6(4-10-5-7)8-1-2-11-8/h3-5,8,11H,1-2H2/t8-/m1/s1. The third-order valence-electron chi connectivity index (χ3n) is 1.95. The van der Waals surface area contributed by atoms with E-state index >= 15 is 0 Å². The minimum absolute atomic E-state index is 0.542. The van der Waals surface area contributed by atoms with Crippen molar-refractivity contribution in [2.24, 2.45) is 0 Å². The quantitative estimate of drug-likeness (QED) is 0.770.